The van der Waals surface area contributed by atoms with E-state index in [4.69, 9.17) is 10.3 Å². The van der Waals surface area contributed by atoms with Gasteiger partial charge in [0.25, 0.3) is 0 Å². The maximum atomic E-state index is 13.9. The SMILES string of the molecule is NCc1c(F)ccc(S(=O)(=O)NCc2ccno2)c1F. The number of sulfonamides is 1. The van der Waals surface area contributed by atoms with Gasteiger partial charge in [-0.15, -0.1) is 0 Å². The van der Waals surface area contributed by atoms with Crippen LogP contribution in [0.1, 0.15) is 11.3 Å². The fourth-order valence-electron chi connectivity index (χ4n) is 1.55. The number of nitrogens with two attached hydrogens (primary N) is 1. The van der Waals surface area contributed by atoms with Crippen molar-refractivity contribution in [3.63, 3.8) is 0 Å². The standard InChI is InChI=1S/C11H11F2N3O3S/c12-9-1-2-10(11(13)8(9)5-14)20(17,18)16-6-7-3-4-15-19-7/h1-4,16H,5-6,14H2. The Balaban J connectivity index is 2.30. The van der Waals surface area contributed by atoms with Crippen LogP contribution in [0.15, 0.2) is 33.8 Å². The first-order chi connectivity index (χ1) is 9.45. The minimum absolute atomic E-state index is 0.197. The molecule has 0 fully saturated rings. The molecule has 9 heteroatoms. The Morgan fingerprint density at radius 2 is 2.05 bits per heavy atom. The molecule has 3 N–H and O–H groups in total. The van der Waals surface area contributed by atoms with Gasteiger partial charge < -0.3 is 10.3 Å². The lowest BCUT2D eigenvalue weighted by Gasteiger charge is -2.09. The second-order valence-electron chi connectivity index (χ2n) is 3.85. The lowest BCUT2D eigenvalue weighted by molar-refractivity contribution is 0.380. The van der Waals surface area contributed by atoms with Crippen molar-refractivity contribution in [3.05, 3.63) is 47.4 Å². The van der Waals surface area contributed by atoms with E-state index in [9.17, 15) is 17.2 Å². The third-order valence-electron chi connectivity index (χ3n) is 2.57. The lowest BCUT2D eigenvalue weighted by atomic mass is 10.2. The fourth-order valence-corrected chi connectivity index (χ4v) is 2.64. The third kappa shape index (κ3) is 2.84. The van der Waals surface area contributed by atoms with E-state index < -0.39 is 38.7 Å². The highest BCUT2D eigenvalue weighted by Crippen LogP contribution is 2.20. The average molecular weight is 303 g/mol. The molecule has 2 aromatic rings. The number of hydrogen-bond donors (Lipinski definition) is 2. The Morgan fingerprint density at radius 3 is 2.65 bits per heavy atom. The molecule has 1 heterocycles. The monoisotopic (exact) mass is 303 g/mol. The maximum Gasteiger partial charge on any atom is 0.243 e. The lowest BCUT2D eigenvalue weighted by Crippen LogP contribution is -2.25. The Labute approximate surface area is 113 Å². The highest BCUT2D eigenvalue weighted by Gasteiger charge is 2.23. The van der Waals surface area contributed by atoms with E-state index in [0.717, 1.165) is 12.1 Å². The highest BCUT2D eigenvalue weighted by atomic mass is 32.2. The molecule has 1 aromatic heterocycles. The molecule has 0 aliphatic carbocycles. The fraction of sp³-hybridized carbons (Fsp3) is 0.182. The minimum atomic E-state index is -4.15. The summed E-state index contributed by atoms with van der Waals surface area (Å²) in [5.41, 5.74) is 4.72. The van der Waals surface area contributed by atoms with Crippen molar-refractivity contribution >= 4 is 10.0 Å². The van der Waals surface area contributed by atoms with Crippen LogP contribution < -0.4 is 10.5 Å². The Hall–Kier alpha value is -1.84. The third-order valence-corrected chi connectivity index (χ3v) is 3.99. The van der Waals surface area contributed by atoms with Crippen LogP contribution in [0, 0.1) is 11.6 Å². The van der Waals surface area contributed by atoms with Gasteiger partial charge >= 0.3 is 0 Å². The summed E-state index contributed by atoms with van der Waals surface area (Å²) >= 11 is 0. The van der Waals surface area contributed by atoms with E-state index in [2.05, 4.69) is 9.88 Å². The predicted octanol–water partition coefficient (Wildman–Crippen LogP) is 0.890. The van der Waals surface area contributed by atoms with Gasteiger partial charge in [-0.3, -0.25) is 0 Å². The molecule has 6 nitrogen and oxygen atoms in total. The predicted molar refractivity (Wildman–Crippen MR) is 64.8 cm³/mol. The second-order valence-corrected chi connectivity index (χ2v) is 5.58. The van der Waals surface area contributed by atoms with Gasteiger partial charge in [0.15, 0.2) is 11.6 Å². The molecule has 0 spiro atoms. The Kier molecular flexibility index (Phi) is 4.12. The average Bonchev–Trinajstić information content (AvgIpc) is 2.90. The molecule has 0 radical (unpaired) electrons. The minimum Gasteiger partial charge on any atom is -0.360 e. The molecule has 0 saturated carbocycles. The first kappa shape index (κ1) is 14.6. The molecule has 0 unspecified atom stereocenters. The van der Waals surface area contributed by atoms with Crippen molar-refractivity contribution in [2.45, 2.75) is 18.0 Å². The van der Waals surface area contributed by atoms with Crippen LogP contribution in [0.25, 0.3) is 0 Å². The van der Waals surface area contributed by atoms with Crippen molar-refractivity contribution in [1.82, 2.24) is 9.88 Å². The molecule has 108 valence electrons. The smallest absolute Gasteiger partial charge is 0.243 e. The number of rotatable bonds is 5. The zero-order valence-corrected chi connectivity index (χ0v) is 11.0. The summed E-state index contributed by atoms with van der Waals surface area (Å²) < 4.78 is 57.9. The number of aromatic nitrogens is 1. The van der Waals surface area contributed by atoms with Gasteiger partial charge in [0.2, 0.25) is 10.0 Å². The molecule has 0 aliphatic rings. The van der Waals surface area contributed by atoms with Gasteiger partial charge in [-0.1, -0.05) is 5.16 Å². The largest absolute Gasteiger partial charge is 0.360 e. The van der Waals surface area contributed by atoms with Gasteiger partial charge in [-0.05, 0) is 12.1 Å². The van der Waals surface area contributed by atoms with Gasteiger partial charge in [-0.2, -0.15) is 0 Å². The van der Waals surface area contributed by atoms with Crippen LogP contribution in [-0.4, -0.2) is 13.6 Å². The van der Waals surface area contributed by atoms with Crippen LogP contribution in [0.5, 0.6) is 0 Å². The van der Waals surface area contributed by atoms with E-state index in [1.165, 1.54) is 12.3 Å². The molecule has 0 aliphatic heterocycles. The summed E-state index contributed by atoms with van der Waals surface area (Å²) in [4.78, 5) is -0.668. The molecule has 1 aromatic carbocycles. The van der Waals surface area contributed by atoms with E-state index in [1.54, 1.807) is 0 Å². The van der Waals surface area contributed by atoms with Gasteiger partial charge in [0, 0.05) is 18.2 Å². The first-order valence-electron chi connectivity index (χ1n) is 5.52. The van der Waals surface area contributed by atoms with Crippen LogP contribution in [0.4, 0.5) is 8.78 Å². The highest BCUT2D eigenvalue weighted by molar-refractivity contribution is 7.89. The Bertz CT molecular complexity index is 702. The van der Waals surface area contributed by atoms with Gasteiger partial charge in [-0.25, -0.2) is 21.9 Å². The molecule has 0 atom stereocenters. The Morgan fingerprint density at radius 1 is 1.30 bits per heavy atom. The normalized spacial score (nSPS) is 11.8. The topological polar surface area (TPSA) is 98.2 Å². The number of halogens is 2. The van der Waals surface area contributed by atoms with Crippen molar-refractivity contribution in [1.29, 1.82) is 0 Å². The van der Waals surface area contributed by atoms with Crippen LogP contribution >= 0.6 is 0 Å². The van der Waals surface area contributed by atoms with Crippen molar-refractivity contribution < 1.29 is 21.7 Å². The zero-order chi connectivity index (χ0) is 14.8. The van der Waals surface area contributed by atoms with E-state index >= 15 is 0 Å². The summed E-state index contributed by atoms with van der Waals surface area (Å²) in [6.45, 7) is -0.639. The van der Waals surface area contributed by atoms with Crippen molar-refractivity contribution in [2.75, 3.05) is 0 Å². The second kappa shape index (κ2) is 5.65. The summed E-state index contributed by atoms with van der Waals surface area (Å²) in [5, 5.41) is 3.40. The summed E-state index contributed by atoms with van der Waals surface area (Å²) in [6, 6.07) is 3.15. The molecule has 0 saturated heterocycles. The maximum absolute atomic E-state index is 13.9. The first-order valence-corrected chi connectivity index (χ1v) is 7.00. The molecule has 2 rings (SSSR count). The van der Waals surface area contributed by atoms with E-state index in [1.807, 2.05) is 0 Å². The van der Waals surface area contributed by atoms with Crippen molar-refractivity contribution in [2.24, 2.45) is 5.73 Å². The quantitative estimate of drug-likeness (QED) is 0.854. The van der Waals surface area contributed by atoms with Crippen LogP contribution in [0.3, 0.4) is 0 Å². The van der Waals surface area contributed by atoms with E-state index in [-0.39, 0.29) is 12.3 Å². The number of hydrogen-bond acceptors (Lipinski definition) is 5. The molecular weight excluding hydrogens is 292 g/mol. The summed E-state index contributed by atoms with van der Waals surface area (Å²) in [6.07, 6.45) is 1.34. The molecule has 20 heavy (non-hydrogen) atoms. The summed E-state index contributed by atoms with van der Waals surface area (Å²) in [7, 11) is -4.15. The van der Waals surface area contributed by atoms with E-state index in [0.29, 0.717) is 0 Å². The number of nitrogens with one attached hydrogen (secondary N) is 1. The van der Waals surface area contributed by atoms with Crippen molar-refractivity contribution in [3.8, 4) is 0 Å². The van der Waals surface area contributed by atoms with Crippen LogP contribution in [0.2, 0.25) is 0 Å². The number of benzene rings is 1. The van der Waals surface area contributed by atoms with Gasteiger partial charge in [0.1, 0.15) is 10.7 Å². The molecule has 0 amide bonds. The molecular formula is C11H11F2N3O3S. The summed E-state index contributed by atoms with van der Waals surface area (Å²) in [5.74, 6) is -1.83. The number of nitrogens with zero attached hydrogens (tertiary/aromatic N) is 1. The van der Waals surface area contributed by atoms with Gasteiger partial charge in [0.05, 0.1) is 12.7 Å². The molecule has 0 bridgehead atoms. The zero-order valence-electron chi connectivity index (χ0n) is 10.1. The van der Waals surface area contributed by atoms with Crippen LogP contribution in [-0.2, 0) is 23.1 Å².